The van der Waals surface area contributed by atoms with Crippen LogP contribution in [0.15, 0.2) is 0 Å². The van der Waals surface area contributed by atoms with Gasteiger partial charge in [-0.2, -0.15) is 0 Å². The van der Waals surface area contributed by atoms with Gasteiger partial charge in [-0.3, -0.25) is 14.4 Å². The summed E-state index contributed by atoms with van der Waals surface area (Å²) in [6.07, 6.45) is 0.684. The zero-order valence-corrected chi connectivity index (χ0v) is 13.9. The number of ether oxygens (including phenoxy) is 1. The van der Waals surface area contributed by atoms with Gasteiger partial charge in [0.1, 0.15) is 11.6 Å². The van der Waals surface area contributed by atoms with Crippen LogP contribution in [-0.4, -0.2) is 29.4 Å². The first kappa shape index (κ1) is 19.4. The van der Waals surface area contributed by atoms with Crippen LogP contribution in [0, 0.1) is 11.8 Å². The van der Waals surface area contributed by atoms with Gasteiger partial charge in [0.05, 0.1) is 6.42 Å². The molecule has 0 unspecified atom stereocenters. The number of carbonyl (C=O) groups excluding carboxylic acids is 3. The van der Waals surface area contributed by atoms with Gasteiger partial charge < -0.3 is 15.8 Å². The number of hydrogen-bond acceptors (Lipinski definition) is 4. The quantitative estimate of drug-likeness (QED) is 0.694. The zero-order chi connectivity index (χ0) is 16.8. The molecule has 0 bridgehead atoms. The second-order valence-electron chi connectivity index (χ2n) is 6.47. The molecule has 0 rings (SSSR count). The maximum Gasteiger partial charge on any atom is 0.307 e. The molecule has 0 fully saturated rings. The minimum Gasteiger partial charge on any atom is -0.460 e. The molecule has 3 atom stereocenters. The largest absolute Gasteiger partial charge is 0.460 e. The fraction of sp³-hybridized carbons (Fsp3) is 0.800. The van der Waals surface area contributed by atoms with Crippen molar-refractivity contribution in [3.05, 3.63) is 0 Å². The van der Waals surface area contributed by atoms with Crippen LogP contribution < -0.4 is 11.1 Å². The molecule has 0 aliphatic rings. The summed E-state index contributed by atoms with van der Waals surface area (Å²) in [7, 11) is 0. The Bertz CT molecular complexity index is 388. The van der Waals surface area contributed by atoms with Crippen molar-refractivity contribution in [1.29, 1.82) is 0 Å². The molecule has 6 nitrogen and oxygen atoms in total. The fourth-order valence-corrected chi connectivity index (χ4v) is 1.75. The average Bonchev–Trinajstić information content (AvgIpc) is 2.31. The Morgan fingerprint density at radius 2 is 1.71 bits per heavy atom. The predicted molar refractivity (Wildman–Crippen MR) is 80.2 cm³/mol. The molecule has 0 aliphatic heterocycles. The third-order valence-corrected chi connectivity index (χ3v) is 3.16. The number of hydrogen-bond donors (Lipinski definition) is 2. The second kappa shape index (κ2) is 8.00. The molecule has 0 heterocycles. The highest BCUT2D eigenvalue weighted by Gasteiger charge is 2.27. The minimum absolute atomic E-state index is 0.0326. The maximum absolute atomic E-state index is 12.1. The normalized spacial score (nSPS) is 15.7. The highest BCUT2D eigenvalue weighted by molar-refractivity contribution is 5.89. The van der Waals surface area contributed by atoms with Gasteiger partial charge in [-0.1, -0.05) is 27.2 Å². The van der Waals surface area contributed by atoms with Crippen molar-refractivity contribution >= 4 is 17.8 Å². The lowest BCUT2D eigenvalue weighted by atomic mass is 9.97. The van der Waals surface area contributed by atoms with Gasteiger partial charge >= 0.3 is 5.97 Å². The van der Waals surface area contributed by atoms with Crippen LogP contribution in [0.1, 0.15) is 54.4 Å². The van der Waals surface area contributed by atoms with Crippen molar-refractivity contribution in [3.63, 3.8) is 0 Å². The molecule has 3 N–H and O–H groups in total. The van der Waals surface area contributed by atoms with E-state index in [9.17, 15) is 14.4 Å². The number of primary amides is 1. The molecule has 0 aromatic rings. The highest BCUT2D eigenvalue weighted by atomic mass is 16.6. The van der Waals surface area contributed by atoms with Crippen molar-refractivity contribution in [3.8, 4) is 0 Å². The van der Waals surface area contributed by atoms with Crippen molar-refractivity contribution in [2.24, 2.45) is 17.6 Å². The van der Waals surface area contributed by atoms with E-state index in [-0.39, 0.29) is 18.2 Å². The summed E-state index contributed by atoms with van der Waals surface area (Å²) in [6, 6.07) is -0.719. The molecule has 0 spiro atoms. The minimum atomic E-state index is -0.719. The van der Waals surface area contributed by atoms with Crippen LogP contribution in [0.25, 0.3) is 0 Å². The number of nitrogens with two attached hydrogens (primary N) is 1. The van der Waals surface area contributed by atoms with Gasteiger partial charge in [0, 0.05) is 5.92 Å². The first-order valence-corrected chi connectivity index (χ1v) is 7.29. The van der Waals surface area contributed by atoms with E-state index >= 15 is 0 Å². The molecule has 0 aromatic carbocycles. The van der Waals surface area contributed by atoms with E-state index in [2.05, 4.69) is 5.32 Å². The van der Waals surface area contributed by atoms with Gasteiger partial charge in [-0.25, -0.2) is 0 Å². The maximum atomic E-state index is 12.1. The predicted octanol–water partition coefficient (Wildman–Crippen LogP) is 1.37. The lowest BCUT2D eigenvalue weighted by Gasteiger charge is -2.24. The third kappa shape index (κ3) is 7.68. The molecule has 21 heavy (non-hydrogen) atoms. The summed E-state index contributed by atoms with van der Waals surface area (Å²) in [5, 5.41) is 2.61. The van der Waals surface area contributed by atoms with E-state index in [0.29, 0.717) is 6.42 Å². The third-order valence-electron chi connectivity index (χ3n) is 3.16. The van der Waals surface area contributed by atoms with E-state index in [1.54, 1.807) is 27.7 Å². The number of carbonyl (C=O) groups is 3. The molecule has 6 heteroatoms. The smallest absolute Gasteiger partial charge is 0.307 e. The van der Waals surface area contributed by atoms with Gasteiger partial charge in [0.15, 0.2) is 0 Å². The van der Waals surface area contributed by atoms with Crippen LogP contribution >= 0.6 is 0 Å². The van der Waals surface area contributed by atoms with Crippen molar-refractivity contribution in [2.75, 3.05) is 0 Å². The Kier molecular flexibility index (Phi) is 7.39. The van der Waals surface area contributed by atoms with E-state index in [0.717, 1.165) is 0 Å². The molecular formula is C15H28N2O4. The fourth-order valence-electron chi connectivity index (χ4n) is 1.75. The Balaban J connectivity index is 4.57. The van der Waals surface area contributed by atoms with Gasteiger partial charge in [0.25, 0.3) is 0 Å². The number of nitrogens with one attached hydrogen (secondary N) is 1. The monoisotopic (exact) mass is 300 g/mol. The molecular weight excluding hydrogens is 272 g/mol. The van der Waals surface area contributed by atoms with Gasteiger partial charge in [0.2, 0.25) is 11.8 Å². The van der Waals surface area contributed by atoms with Crippen molar-refractivity contribution in [2.45, 2.75) is 66.0 Å². The first-order valence-electron chi connectivity index (χ1n) is 7.29. The topological polar surface area (TPSA) is 98.5 Å². The lowest BCUT2D eigenvalue weighted by molar-refractivity contribution is -0.157. The second-order valence-corrected chi connectivity index (χ2v) is 6.47. The number of rotatable bonds is 7. The van der Waals surface area contributed by atoms with Crippen molar-refractivity contribution < 1.29 is 19.1 Å². The summed E-state index contributed by atoms with van der Waals surface area (Å²) in [5.41, 5.74) is 4.72. The van der Waals surface area contributed by atoms with Crippen molar-refractivity contribution in [1.82, 2.24) is 5.32 Å². The van der Waals surface area contributed by atoms with Gasteiger partial charge in [-0.05, 0) is 26.7 Å². The molecule has 0 radical (unpaired) electrons. The lowest BCUT2D eigenvalue weighted by Crippen LogP contribution is -2.50. The Morgan fingerprint density at radius 1 is 1.19 bits per heavy atom. The van der Waals surface area contributed by atoms with Crippen LogP contribution in [-0.2, 0) is 19.1 Å². The van der Waals surface area contributed by atoms with E-state index in [4.69, 9.17) is 10.5 Å². The summed E-state index contributed by atoms with van der Waals surface area (Å²) in [5.74, 6) is -2.01. The highest BCUT2D eigenvalue weighted by Crippen LogP contribution is 2.13. The molecule has 122 valence electrons. The van der Waals surface area contributed by atoms with Crippen LogP contribution in [0.3, 0.4) is 0 Å². The van der Waals surface area contributed by atoms with Gasteiger partial charge in [-0.15, -0.1) is 0 Å². The Hall–Kier alpha value is -1.59. The van der Waals surface area contributed by atoms with Crippen LogP contribution in [0.2, 0.25) is 0 Å². The summed E-state index contributed by atoms with van der Waals surface area (Å²) in [6.45, 7) is 10.7. The SMILES string of the molecule is CC[C@H](C)[C@H](NC(=O)[C@@H](C)CC(=O)OC(C)(C)C)C(N)=O. The Labute approximate surface area is 126 Å². The zero-order valence-electron chi connectivity index (χ0n) is 13.9. The summed E-state index contributed by atoms with van der Waals surface area (Å²) < 4.78 is 5.17. The first-order chi connectivity index (χ1) is 9.47. The van der Waals surface area contributed by atoms with Crippen LogP contribution in [0.4, 0.5) is 0 Å². The molecule has 2 amide bonds. The Morgan fingerprint density at radius 3 is 2.10 bits per heavy atom. The van der Waals surface area contributed by atoms with E-state index in [1.165, 1.54) is 0 Å². The van der Waals surface area contributed by atoms with Crippen LogP contribution in [0.5, 0.6) is 0 Å². The van der Waals surface area contributed by atoms with E-state index in [1.807, 2.05) is 13.8 Å². The summed E-state index contributed by atoms with van der Waals surface area (Å²) in [4.78, 5) is 35.1. The molecule has 0 aliphatic carbocycles. The standard InChI is InChI=1S/C15H28N2O4/c1-7-9(2)12(13(16)19)17-14(20)10(3)8-11(18)21-15(4,5)6/h9-10,12H,7-8H2,1-6H3,(H2,16,19)(H,17,20)/t9-,10-,12-/m0/s1. The number of amides is 2. The summed E-state index contributed by atoms with van der Waals surface area (Å²) >= 11 is 0. The van der Waals surface area contributed by atoms with E-state index < -0.39 is 29.4 Å². The molecule has 0 aromatic heterocycles. The molecule has 0 saturated carbocycles. The average molecular weight is 300 g/mol. The number of esters is 1. The molecule has 0 saturated heterocycles.